The maximum absolute atomic E-state index is 13.7. The van der Waals surface area contributed by atoms with Crippen molar-refractivity contribution < 1.29 is 23.1 Å². The van der Waals surface area contributed by atoms with E-state index in [0.717, 1.165) is 5.56 Å². The molecule has 4 rings (SSSR count). The number of alkyl halides is 3. The molecule has 128 valence electrons. The number of aromatic nitrogens is 3. The van der Waals surface area contributed by atoms with Gasteiger partial charge in [0.1, 0.15) is 10.7 Å². The fourth-order valence-corrected chi connectivity index (χ4v) is 3.40. The first-order valence-electron chi connectivity index (χ1n) is 7.27. The number of carbonyl (C=O) groups excluding carboxylic acids is 1. The zero-order valence-corrected chi connectivity index (χ0v) is 13.1. The Kier molecular flexibility index (Phi) is 3.30. The second-order valence-corrected chi connectivity index (χ2v) is 6.01. The van der Waals surface area contributed by atoms with Crippen molar-refractivity contribution in [3.8, 4) is 11.3 Å². The van der Waals surface area contributed by atoms with Crippen LogP contribution in [0.5, 0.6) is 0 Å². The largest absolute Gasteiger partial charge is 0.543 e. The van der Waals surface area contributed by atoms with Crippen LogP contribution in [0.25, 0.3) is 16.9 Å². The Balaban J connectivity index is 2.17. The van der Waals surface area contributed by atoms with Crippen molar-refractivity contribution in [1.82, 2.24) is 14.6 Å². The number of fused-ring (bicyclic) bond motifs is 4. The highest BCUT2D eigenvalue weighted by molar-refractivity contribution is 6.36. The molecule has 1 aliphatic rings. The number of benzene rings is 1. The highest BCUT2D eigenvalue weighted by Crippen LogP contribution is 2.41. The van der Waals surface area contributed by atoms with Crippen molar-refractivity contribution in [1.29, 1.82) is 0 Å². The van der Waals surface area contributed by atoms with Crippen molar-refractivity contribution >= 4 is 23.2 Å². The first-order valence-corrected chi connectivity index (χ1v) is 7.64. The van der Waals surface area contributed by atoms with Gasteiger partial charge in [0.15, 0.2) is 11.3 Å². The van der Waals surface area contributed by atoms with E-state index >= 15 is 0 Å². The molecule has 0 atom stereocenters. The summed E-state index contributed by atoms with van der Waals surface area (Å²) in [6.45, 7) is 0. The van der Waals surface area contributed by atoms with Crippen LogP contribution in [0, 0.1) is 0 Å². The molecule has 0 saturated carbocycles. The molecule has 25 heavy (non-hydrogen) atoms. The minimum Gasteiger partial charge on any atom is -0.543 e. The van der Waals surface area contributed by atoms with Crippen molar-refractivity contribution in [3.05, 3.63) is 51.8 Å². The monoisotopic (exact) mass is 366 g/mol. The predicted molar refractivity (Wildman–Crippen MR) is 80.2 cm³/mol. The lowest BCUT2D eigenvalue weighted by Gasteiger charge is -2.23. The van der Waals surface area contributed by atoms with E-state index in [1.807, 2.05) is 6.07 Å². The topological polar surface area (TPSA) is 70.3 Å². The van der Waals surface area contributed by atoms with Crippen LogP contribution in [0.1, 0.15) is 27.3 Å². The maximum atomic E-state index is 13.7. The van der Waals surface area contributed by atoms with Crippen molar-refractivity contribution in [2.24, 2.45) is 0 Å². The number of hydrogen-bond acceptors (Lipinski definition) is 4. The van der Waals surface area contributed by atoms with Gasteiger partial charge in [-0.2, -0.15) is 18.3 Å². The van der Waals surface area contributed by atoms with Gasteiger partial charge < -0.3 is 9.90 Å². The lowest BCUT2D eigenvalue weighted by molar-refractivity contribution is -0.255. The first kappa shape index (κ1) is 15.9. The van der Waals surface area contributed by atoms with E-state index in [2.05, 4.69) is 10.1 Å². The van der Waals surface area contributed by atoms with E-state index in [1.165, 1.54) is 0 Å². The summed E-state index contributed by atoms with van der Waals surface area (Å²) in [7, 11) is 0. The Hall–Kier alpha value is -2.61. The molecule has 0 radical (unpaired) electrons. The van der Waals surface area contributed by atoms with Crippen molar-refractivity contribution in [2.75, 3.05) is 0 Å². The smallest absolute Gasteiger partial charge is 0.433 e. The number of halogens is 4. The van der Waals surface area contributed by atoms with Crippen LogP contribution in [0.15, 0.2) is 24.3 Å². The molecule has 9 heteroatoms. The summed E-state index contributed by atoms with van der Waals surface area (Å²) in [6.07, 6.45) is -4.22. The lowest BCUT2D eigenvalue weighted by atomic mass is 9.88. The quantitative estimate of drug-likeness (QED) is 0.663. The Labute approximate surface area is 143 Å². The van der Waals surface area contributed by atoms with Crippen LogP contribution in [0.4, 0.5) is 13.2 Å². The molecule has 0 fully saturated rings. The maximum Gasteiger partial charge on any atom is 0.433 e. The zero-order chi connectivity index (χ0) is 17.9. The van der Waals surface area contributed by atoms with E-state index in [-0.39, 0.29) is 23.3 Å². The summed E-state index contributed by atoms with van der Waals surface area (Å²) < 4.78 is 41.6. The van der Waals surface area contributed by atoms with Gasteiger partial charge in [-0.05, 0) is 18.4 Å². The molecule has 0 spiro atoms. The van der Waals surface area contributed by atoms with Gasteiger partial charge >= 0.3 is 6.18 Å². The molecule has 2 aromatic heterocycles. The molecule has 0 saturated heterocycles. The summed E-state index contributed by atoms with van der Waals surface area (Å²) >= 11 is 5.91. The third-order valence-electron chi connectivity index (χ3n) is 4.18. The van der Waals surface area contributed by atoms with Crippen LogP contribution in [-0.4, -0.2) is 20.6 Å². The van der Waals surface area contributed by atoms with Crippen LogP contribution in [0.3, 0.4) is 0 Å². The minimum atomic E-state index is -4.75. The third kappa shape index (κ3) is 2.28. The summed E-state index contributed by atoms with van der Waals surface area (Å²) in [4.78, 5) is 15.3. The number of aryl methyl sites for hydroxylation is 1. The van der Waals surface area contributed by atoms with Gasteiger partial charge in [-0.1, -0.05) is 35.9 Å². The fourth-order valence-electron chi connectivity index (χ4n) is 3.17. The summed E-state index contributed by atoms with van der Waals surface area (Å²) in [5, 5.41) is 14.1. The Bertz CT molecular complexity index is 1040. The summed E-state index contributed by atoms with van der Waals surface area (Å²) in [6, 6.07) is 7.01. The molecule has 0 unspecified atom stereocenters. The summed E-state index contributed by atoms with van der Waals surface area (Å²) in [5.74, 6) is -1.76. The molecule has 3 aromatic rings. The molecule has 0 amide bonds. The molecule has 5 nitrogen and oxygen atoms in total. The summed E-state index contributed by atoms with van der Waals surface area (Å²) in [5.41, 5.74) is -0.619. The number of carbonyl (C=O) groups is 1. The second kappa shape index (κ2) is 5.19. The molecular weight excluding hydrogens is 359 g/mol. The number of carboxylic acids is 1. The number of nitrogens with zero attached hydrogens (tertiary/aromatic N) is 3. The molecule has 0 aliphatic heterocycles. The van der Waals surface area contributed by atoms with E-state index < -0.39 is 28.6 Å². The molecule has 1 aliphatic carbocycles. The number of rotatable bonds is 1. The fraction of sp³-hybridized carbons (Fsp3) is 0.188. The molecule has 0 N–H and O–H groups in total. The Morgan fingerprint density at radius 1 is 1.24 bits per heavy atom. The minimum absolute atomic E-state index is 0.0252. The van der Waals surface area contributed by atoms with Gasteiger partial charge in [0, 0.05) is 11.1 Å². The van der Waals surface area contributed by atoms with E-state index in [4.69, 9.17) is 11.6 Å². The lowest BCUT2D eigenvalue weighted by Crippen LogP contribution is -2.24. The van der Waals surface area contributed by atoms with E-state index in [0.29, 0.717) is 16.5 Å². The Morgan fingerprint density at radius 2 is 1.96 bits per heavy atom. The standard InChI is InChI=1S/C16H9ClF3N3O2/c17-10-12(15(24)25)22-23-13(16(18,19)20)9-6-5-7-3-1-2-4-8(7)11(9)21-14(10)23/h1-4H,5-6H2,(H,24,25)/p-1. The second-order valence-electron chi connectivity index (χ2n) is 5.63. The van der Waals surface area contributed by atoms with Crippen molar-refractivity contribution in [2.45, 2.75) is 19.0 Å². The first-order chi connectivity index (χ1) is 11.8. The van der Waals surface area contributed by atoms with Crippen LogP contribution in [-0.2, 0) is 19.0 Å². The molecule has 2 heterocycles. The molecule has 0 bridgehead atoms. The highest BCUT2D eigenvalue weighted by Gasteiger charge is 2.40. The highest BCUT2D eigenvalue weighted by atomic mass is 35.5. The number of aromatic carboxylic acids is 1. The van der Waals surface area contributed by atoms with Crippen molar-refractivity contribution in [3.63, 3.8) is 0 Å². The third-order valence-corrected chi connectivity index (χ3v) is 4.53. The molecule has 1 aromatic carbocycles. The van der Waals surface area contributed by atoms with Gasteiger partial charge in [0.2, 0.25) is 0 Å². The van der Waals surface area contributed by atoms with Gasteiger partial charge in [-0.25, -0.2) is 9.50 Å². The molecular formula is C16H8ClF3N3O2-. The zero-order valence-electron chi connectivity index (χ0n) is 12.4. The van der Waals surface area contributed by atoms with E-state index in [1.54, 1.807) is 18.2 Å². The van der Waals surface area contributed by atoms with Crippen LogP contribution < -0.4 is 5.11 Å². The van der Waals surface area contributed by atoms with Gasteiger partial charge in [-0.15, -0.1) is 0 Å². The van der Waals surface area contributed by atoms with Gasteiger partial charge in [0.05, 0.1) is 11.7 Å². The van der Waals surface area contributed by atoms with Gasteiger partial charge in [0.25, 0.3) is 0 Å². The van der Waals surface area contributed by atoms with Gasteiger partial charge in [-0.3, -0.25) is 0 Å². The number of hydrogen-bond donors (Lipinski definition) is 0. The average Bonchev–Trinajstić information content (AvgIpc) is 2.88. The SMILES string of the molecule is O=C([O-])c1nn2c(C(F)(F)F)c3c(nc2c1Cl)-c1ccccc1CC3. The normalized spacial score (nSPS) is 13.6. The van der Waals surface area contributed by atoms with E-state index in [9.17, 15) is 23.1 Å². The average molecular weight is 367 g/mol. The Morgan fingerprint density at radius 3 is 2.64 bits per heavy atom. The number of carboxylic acid groups (broad SMARTS) is 1. The van der Waals surface area contributed by atoms with Crippen LogP contribution >= 0.6 is 11.6 Å². The predicted octanol–water partition coefficient (Wildman–Crippen LogP) is 2.53. The van der Waals surface area contributed by atoms with Crippen LogP contribution in [0.2, 0.25) is 5.02 Å².